The lowest BCUT2D eigenvalue weighted by atomic mass is 10.2. The van der Waals surface area contributed by atoms with Gasteiger partial charge in [0.25, 0.3) is 5.56 Å². The van der Waals surface area contributed by atoms with Gasteiger partial charge in [-0.15, -0.1) is 11.3 Å². The number of hydrogen-bond donors (Lipinski definition) is 1. The van der Waals surface area contributed by atoms with Gasteiger partial charge in [-0.05, 0) is 24.3 Å². The van der Waals surface area contributed by atoms with Gasteiger partial charge in [0, 0.05) is 32.1 Å². The molecule has 3 aromatic heterocycles. The number of amides is 1. The average molecular weight is 473 g/mol. The van der Waals surface area contributed by atoms with Crippen LogP contribution in [0, 0.1) is 0 Å². The maximum Gasteiger partial charge on any atom is 0.332 e. The van der Waals surface area contributed by atoms with E-state index in [0.717, 1.165) is 21.6 Å². The van der Waals surface area contributed by atoms with Crippen LogP contribution in [-0.2, 0) is 25.9 Å². The molecule has 0 saturated heterocycles. The summed E-state index contributed by atoms with van der Waals surface area (Å²) in [4.78, 5) is 45.9. The predicted molar refractivity (Wildman–Crippen MR) is 125 cm³/mol. The third-order valence-corrected chi connectivity index (χ3v) is 6.69. The Morgan fingerprint density at radius 1 is 1.09 bits per heavy atom. The summed E-state index contributed by atoms with van der Waals surface area (Å²) in [5.74, 6) is 0.581. The number of thioether (sulfide) groups is 1. The number of nitrogens with zero attached hydrogens (tertiary/aromatic N) is 5. The summed E-state index contributed by atoms with van der Waals surface area (Å²) < 4.78 is 9.11. The number of carbonyl (C=O) groups is 1. The Kier molecular flexibility index (Phi) is 5.89. The third-order valence-electron chi connectivity index (χ3n) is 4.90. The molecule has 3 heterocycles. The van der Waals surface area contributed by atoms with E-state index in [1.807, 2.05) is 29.6 Å². The molecule has 0 bridgehead atoms. The van der Waals surface area contributed by atoms with Crippen LogP contribution >= 0.6 is 23.1 Å². The van der Waals surface area contributed by atoms with Crippen molar-refractivity contribution in [3.63, 3.8) is 0 Å². The molecule has 12 heteroatoms. The smallest absolute Gasteiger partial charge is 0.332 e. The molecule has 32 heavy (non-hydrogen) atoms. The SMILES string of the molecule is COc1ccc(-c2csc(NC(=O)CSc3nc4c(c(=O)n(C)c(=O)n4C)n3C)n2)cc1. The topological polar surface area (TPSA) is 113 Å². The fourth-order valence-electron chi connectivity index (χ4n) is 3.14. The monoisotopic (exact) mass is 472 g/mol. The molecule has 1 amide bonds. The summed E-state index contributed by atoms with van der Waals surface area (Å²) in [5, 5.41) is 5.60. The van der Waals surface area contributed by atoms with E-state index in [1.165, 1.54) is 34.7 Å². The number of ether oxygens (including phenoxy) is 1. The molecule has 4 aromatic rings. The van der Waals surface area contributed by atoms with Gasteiger partial charge in [0.05, 0.1) is 18.6 Å². The van der Waals surface area contributed by atoms with Crippen molar-refractivity contribution in [1.29, 1.82) is 0 Å². The van der Waals surface area contributed by atoms with E-state index in [9.17, 15) is 14.4 Å². The number of benzene rings is 1. The Balaban J connectivity index is 1.46. The van der Waals surface area contributed by atoms with E-state index in [-0.39, 0.29) is 17.3 Å². The summed E-state index contributed by atoms with van der Waals surface area (Å²) in [6.07, 6.45) is 0. The van der Waals surface area contributed by atoms with Gasteiger partial charge in [0.1, 0.15) is 5.75 Å². The Morgan fingerprint density at radius 3 is 2.50 bits per heavy atom. The second-order valence-electron chi connectivity index (χ2n) is 6.93. The minimum absolute atomic E-state index is 0.0723. The van der Waals surface area contributed by atoms with Gasteiger partial charge in [0.2, 0.25) is 5.91 Å². The van der Waals surface area contributed by atoms with Crippen molar-refractivity contribution in [3.05, 3.63) is 50.5 Å². The molecule has 166 valence electrons. The zero-order valence-electron chi connectivity index (χ0n) is 17.8. The highest BCUT2D eigenvalue weighted by Gasteiger charge is 2.18. The zero-order valence-corrected chi connectivity index (χ0v) is 19.4. The van der Waals surface area contributed by atoms with Crippen molar-refractivity contribution >= 4 is 45.3 Å². The van der Waals surface area contributed by atoms with Crippen LogP contribution in [0.1, 0.15) is 0 Å². The summed E-state index contributed by atoms with van der Waals surface area (Å²) in [6.45, 7) is 0. The standard InChI is InChI=1S/C20H20N6O4S2/c1-24-15-16(25(2)20(29)26(3)17(15)28)23-19(24)32-10-14(27)22-18-21-13(9-31-18)11-5-7-12(30-4)8-6-11/h5-9H,10H2,1-4H3,(H,21,22,27). The molecule has 0 aliphatic rings. The first-order chi connectivity index (χ1) is 15.3. The zero-order chi connectivity index (χ0) is 23.0. The van der Waals surface area contributed by atoms with Gasteiger partial charge in [-0.25, -0.2) is 14.8 Å². The lowest BCUT2D eigenvalue weighted by Crippen LogP contribution is -2.37. The quantitative estimate of drug-likeness (QED) is 0.426. The van der Waals surface area contributed by atoms with Crippen molar-refractivity contribution in [1.82, 2.24) is 23.7 Å². The van der Waals surface area contributed by atoms with E-state index in [1.54, 1.807) is 25.8 Å². The number of imidazole rings is 1. The van der Waals surface area contributed by atoms with Crippen molar-refractivity contribution in [2.75, 3.05) is 18.2 Å². The number of fused-ring (bicyclic) bond motifs is 1. The second kappa shape index (κ2) is 8.63. The van der Waals surface area contributed by atoms with Crippen molar-refractivity contribution in [2.45, 2.75) is 5.16 Å². The summed E-state index contributed by atoms with van der Waals surface area (Å²) >= 11 is 2.51. The third kappa shape index (κ3) is 3.94. The molecule has 1 aromatic carbocycles. The number of nitrogens with one attached hydrogen (secondary N) is 1. The van der Waals surface area contributed by atoms with E-state index < -0.39 is 11.2 Å². The van der Waals surface area contributed by atoms with E-state index in [0.29, 0.717) is 15.8 Å². The van der Waals surface area contributed by atoms with Crippen molar-refractivity contribution < 1.29 is 9.53 Å². The molecule has 0 aliphatic carbocycles. The molecule has 0 unspecified atom stereocenters. The maximum atomic E-state index is 12.5. The van der Waals surface area contributed by atoms with Crippen molar-refractivity contribution in [2.24, 2.45) is 21.1 Å². The summed E-state index contributed by atoms with van der Waals surface area (Å²) in [6, 6.07) is 7.50. The van der Waals surface area contributed by atoms with Gasteiger partial charge in [0.15, 0.2) is 21.5 Å². The van der Waals surface area contributed by atoms with Crippen LogP contribution in [0.15, 0.2) is 44.4 Å². The molecule has 0 saturated carbocycles. The first kappa shape index (κ1) is 21.8. The highest BCUT2D eigenvalue weighted by atomic mass is 32.2. The minimum Gasteiger partial charge on any atom is -0.497 e. The number of carbonyl (C=O) groups excluding carboxylic acids is 1. The Morgan fingerprint density at radius 2 is 1.81 bits per heavy atom. The highest BCUT2D eigenvalue weighted by molar-refractivity contribution is 7.99. The Labute approximate surface area is 190 Å². The Bertz CT molecular complexity index is 1430. The van der Waals surface area contributed by atoms with Gasteiger partial charge >= 0.3 is 5.69 Å². The molecule has 0 spiro atoms. The number of anilines is 1. The first-order valence-electron chi connectivity index (χ1n) is 9.45. The van der Waals surface area contributed by atoms with E-state index in [4.69, 9.17) is 4.74 Å². The highest BCUT2D eigenvalue weighted by Crippen LogP contribution is 2.27. The minimum atomic E-state index is -0.452. The van der Waals surface area contributed by atoms with Gasteiger partial charge in [-0.1, -0.05) is 11.8 Å². The van der Waals surface area contributed by atoms with Crippen LogP contribution in [0.2, 0.25) is 0 Å². The molecule has 0 radical (unpaired) electrons. The maximum absolute atomic E-state index is 12.5. The molecule has 10 nitrogen and oxygen atoms in total. The molecule has 0 aliphatic heterocycles. The largest absolute Gasteiger partial charge is 0.497 e. The average Bonchev–Trinajstić information content (AvgIpc) is 3.39. The van der Waals surface area contributed by atoms with Crippen molar-refractivity contribution in [3.8, 4) is 17.0 Å². The second-order valence-corrected chi connectivity index (χ2v) is 8.74. The number of thiazole rings is 1. The van der Waals surface area contributed by atoms with E-state index in [2.05, 4.69) is 15.3 Å². The molecule has 1 N–H and O–H groups in total. The van der Waals surface area contributed by atoms with Crippen LogP contribution < -0.4 is 21.3 Å². The number of rotatable bonds is 6. The molecule has 4 rings (SSSR count). The van der Waals surface area contributed by atoms with Crippen LogP contribution in [0.5, 0.6) is 5.75 Å². The fraction of sp³-hybridized carbons (Fsp3) is 0.250. The van der Waals surface area contributed by atoms with Crippen LogP contribution in [-0.4, -0.2) is 42.4 Å². The van der Waals surface area contributed by atoms with Crippen LogP contribution in [0.4, 0.5) is 5.13 Å². The first-order valence-corrected chi connectivity index (χ1v) is 11.3. The normalized spacial score (nSPS) is 11.1. The summed E-state index contributed by atoms with van der Waals surface area (Å²) in [7, 11) is 6.27. The van der Waals surface area contributed by atoms with Gasteiger partial charge in [-0.2, -0.15) is 0 Å². The molecular formula is C20H20N6O4S2. The number of aryl methyl sites for hydroxylation is 2. The fourth-order valence-corrected chi connectivity index (χ4v) is 4.64. The molecular weight excluding hydrogens is 452 g/mol. The summed E-state index contributed by atoms with van der Waals surface area (Å²) in [5.41, 5.74) is 1.39. The number of methoxy groups -OCH3 is 1. The molecule has 0 atom stereocenters. The predicted octanol–water partition coefficient (Wildman–Crippen LogP) is 1.83. The van der Waals surface area contributed by atoms with Gasteiger partial charge in [-0.3, -0.25) is 18.7 Å². The Hall–Kier alpha value is -3.38. The van der Waals surface area contributed by atoms with Crippen LogP contribution in [0.25, 0.3) is 22.4 Å². The lowest BCUT2D eigenvalue weighted by molar-refractivity contribution is -0.113. The number of aromatic nitrogens is 5. The lowest BCUT2D eigenvalue weighted by Gasteiger charge is -2.04. The van der Waals surface area contributed by atoms with Crippen LogP contribution in [0.3, 0.4) is 0 Å². The number of hydrogen-bond acceptors (Lipinski definition) is 8. The van der Waals surface area contributed by atoms with E-state index >= 15 is 0 Å². The molecule has 0 fully saturated rings. The van der Waals surface area contributed by atoms with Gasteiger partial charge < -0.3 is 14.6 Å².